The number of rotatable bonds is 8. The Labute approximate surface area is 191 Å². The molecular formula is C25H28N2O4S. The van der Waals surface area contributed by atoms with Gasteiger partial charge >= 0.3 is 5.97 Å². The van der Waals surface area contributed by atoms with E-state index in [2.05, 4.69) is 18.4 Å². The lowest BCUT2D eigenvalue weighted by Crippen LogP contribution is -2.29. The maximum atomic E-state index is 13.0. The van der Waals surface area contributed by atoms with Gasteiger partial charge in [-0.3, -0.25) is 4.79 Å². The number of carbonyl (C=O) groups is 1. The van der Waals surface area contributed by atoms with E-state index in [9.17, 15) is 9.59 Å². The number of ether oxygens (including phenoxy) is 1. The number of aromatic nitrogens is 2. The molecule has 1 aliphatic carbocycles. The van der Waals surface area contributed by atoms with E-state index in [1.54, 1.807) is 22.1 Å². The van der Waals surface area contributed by atoms with Crippen LogP contribution in [0.2, 0.25) is 0 Å². The second-order valence-corrected chi connectivity index (χ2v) is 9.49. The van der Waals surface area contributed by atoms with E-state index < -0.39 is 5.97 Å². The topological polar surface area (TPSA) is 81.4 Å². The van der Waals surface area contributed by atoms with Crippen LogP contribution < -0.4 is 5.56 Å². The Morgan fingerprint density at radius 2 is 1.88 bits per heavy atom. The lowest BCUT2D eigenvalue weighted by atomic mass is 9.82. The van der Waals surface area contributed by atoms with Gasteiger partial charge in [-0.1, -0.05) is 30.3 Å². The van der Waals surface area contributed by atoms with Crippen LogP contribution in [0.3, 0.4) is 0 Å². The third kappa shape index (κ3) is 5.53. The Morgan fingerprint density at radius 1 is 1.16 bits per heavy atom. The molecule has 0 bridgehead atoms. The Hall–Kier alpha value is -2.77. The van der Waals surface area contributed by atoms with Crippen molar-refractivity contribution in [3.63, 3.8) is 0 Å². The van der Waals surface area contributed by atoms with E-state index in [1.807, 2.05) is 30.3 Å². The summed E-state index contributed by atoms with van der Waals surface area (Å²) in [7, 11) is 0. The molecule has 0 amide bonds. The summed E-state index contributed by atoms with van der Waals surface area (Å²) in [5, 5.41) is 15.6. The van der Waals surface area contributed by atoms with Crippen LogP contribution in [0.1, 0.15) is 31.2 Å². The number of carboxylic acid groups (broad SMARTS) is 1. The first-order valence-corrected chi connectivity index (χ1v) is 11.9. The lowest BCUT2D eigenvalue weighted by molar-refractivity contribution is -0.142. The van der Waals surface area contributed by atoms with Crippen molar-refractivity contribution < 1.29 is 14.6 Å². The van der Waals surface area contributed by atoms with Gasteiger partial charge in [-0.05, 0) is 61.5 Å². The van der Waals surface area contributed by atoms with E-state index in [-0.39, 0.29) is 12.2 Å². The summed E-state index contributed by atoms with van der Waals surface area (Å²) in [5.41, 5.74) is 3.83. The first-order chi connectivity index (χ1) is 15.5. The van der Waals surface area contributed by atoms with Gasteiger partial charge in [-0.2, -0.15) is 5.10 Å². The zero-order chi connectivity index (χ0) is 22.5. The molecule has 1 aliphatic rings. The van der Waals surface area contributed by atoms with Gasteiger partial charge in [0.2, 0.25) is 0 Å². The molecule has 0 atom stereocenters. The summed E-state index contributed by atoms with van der Waals surface area (Å²) < 4.78 is 6.89. The fraction of sp³-hybridized carbons (Fsp3) is 0.400. The monoisotopic (exact) mass is 452 g/mol. The third-order valence-electron chi connectivity index (χ3n) is 6.02. The number of aliphatic carboxylic acids is 1. The van der Waals surface area contributed by atoms with Gasteiger partial charge in [0.05, 0.1) is 12.3 Å². The standard InChI is InChI=1S/C25H28N2O4S/c1-17-11-22(32-16-17)21-12-23(28)27(26-25(21)20-5-3-2-4-6-20)13-18-7-9-19(10-8-18)14-31-15-24(29)30/h2-6,11-12,16,18-19H,7-10,13-15H2,1H3,(H,29,30). The molecule has 7 heteroatoms. The summed E-state index contributed by atoms with van der Waals surface area (Å²) in [6, 6.07) is 13.9. The van der Waals surface area contributed by atoms with E-state index in [0.29, 0.717) is 25.0 Å². The molecule has 168 valence electrons. The predicted octanol–water partition coefficient (Wildman–Crippen LogP) is 4.85. The maximum absolute atomic E-state index is 13.0. The highest BCUT2D eigenvalue weighted by Crippen LogP contribution is 2.34. The van der Waals surface area contributed by atoms with Gasteiger partial charge < -0.3 is 9.84 Å². The van der Waals surface area contributed by atoms with E-state index in [4.69, 9.17) is 14.9 Å². The number of carboxylic acids is 1. The van der Waals surface area contributed by atoms with Gasteiger partial charge in [-0.25, -0.2) is 9.48 Å². The molecule has 2 heterocycles. The number of benzene rings is 1. The largest absolute Gasteiger partial charge is 0.480 e. The minimum atomic E-state index is -0.931. The normalized spacial score (nSPS) is 18.5. The molecule has 0 aliphatic heterocycles. The number of aryl methyl sites for hydroxylation is 1. The molecule has 0 spiro atoms. The first-order valence-electron chi connectivity index (χ1n) is 11.0. The fourth-order valence-electron chi connectivity index (χ4n) is 4.33. The maximum Gasteiger partial charge on any atom is 0.329 e. The van der Waals surface area contributed by atoms with Gasteiger partial charge in [0, 0.05) is 28.6 Å². The minimum absolute atomic E-state index is 0.0716. The second kappa shape index (κ2) is 10.2. The fourth-order valence-corrected chi connectivity index (χ4v) is 5.25. The van der Waals surface area contributed by atoms with E-state index in [1.165, 1.54) is 5.56 Å². The Bertz CT molecular complexity index is 1110. The summed E-state index contributed by atoms with van der Waals surface area (Å²) >= 11 is 1.63. The average molecular weight is 453 g/mol. The molecule has 32 heavy (non-hydrogen) atoms. The summed E-state index contributed by atoms with van der Waals surface area (Å²) in [6.45, 7) is 2.91. The van der Waals surface area contributed by atoms with Gasteiger partial charge in [-0.15, -0.1) is 11.3 Å². The number of thiophene rings is 1. The molecular weight excluding hydrogens is 424 g/mol. The number of hydrogen-bond acceptors (Lipinski definition) is 5. The summed E-state index contributed by atoms with van der Waals surface area (Å²) in [5.74, 6) is -0.159. The SMILES string of the molecule is Cc1csc(-c2cc(=O)n(CC3CCC(COCC(=O)O)CC3)nc2-c2ccccc2)c1. The van der Waals surface area contributed by atoms with Crippen molar-refractivity contribution in [1.29, 1.82) is 0 Å². The Morgan fingerprint density at radius 3 is 2.53 bits per heavy atom. The molecule has 6 nitrogen and oxygen atoms in total. The van der Waals surface area contributed by atoms with Crippen LogP contribution in [0.25, 0.3) is 21.7 Å². The van der Waals surface area contributed by atoms with Crippen LogP contribution in [0.5, 0.6) is 0 Å². The highest BCUT2D eigenvalue weighted by molar-refractivity contribution is 7.13. The molecule has 2 aromatic heterocycles. The molecule has 0 saturated heterocycles. The number of hydrogen-bond donors (Lipinski definition) is 1. The molecule has 3 aromatic rings. The molecule has 1 saturated carbocycles. The predicted molar refractivity (Wildman–Crippen MR) is 126 cm³/mol. The Kier molecular flexibility index (Phi) is 7.17. The highest BCUT2D eigenvalue weighted by Gasteiger charge is 2.23. The first kappa shape index (κ1) is 22.4. The second-order valence-electron chi connectivity index (χ2n) is 8.58. The highest BCUT2D eigenvalue weighted by atomic mass is 32.1. The van der Waals surface area contributed by atoms with Crippen molar-refractivity contribution >= 4 is 17.3 Å². The van der Waals surface area contributed by atoms with Gasteiger partial charge in [0.1, 0.15) is 6.61 Å². The van der Waals surface area contributed by atoms with Crippen LogP contribution in [0, 0.1) is 18.8 Å². The van der Waals surface area contributed by atoms with Crippen LogP contribution in [0.15, 0.2) is 52.6 Å². The van der Waals surface area contributed by atoms with E-state index >= 15 is 0 Å². The minimum Gasteiger partial charge on any atom is -0.480 e. The molecule has 1 fully saturated rings. The average Bonchev–Trinajstić information content (AvgIpc) is 3.22. The van der Waals surface area contributed by atoms with E-state index in [0.717, 1.165) is 47.4 Å². The van der Waals surface area contributed by atoms with Crippen LogP contribution in [-0.4, -0.2) is 34.1 Å². The van der Waals surface area contributed by atoms with Crippen molar-refractivity contribution in [2.45, 2.75) is 39.2 Å². The molecule has 4 rings (SSSR count). The molecule has 0 unspecified atom stereocenters. The van der Waals surface area contributed by atoms with Crippen molar-refractivity contribution in [2.75, 3.05) is 13.2 Å². The molecule has 0 radical (unpaired) electrons. The van der Waals surface area contributed by atoms with Crippen molar-refractivity contribution in [3.8, 4) is 21.7 Å². The number of nitrogens with zero attached hydrogens (tertiary/aromatic N) is 2. The van der Waals surface area contributed by atoms with Crippen LogP contribution in [0.4, 0.5) is 0 Å². The lowest BCUT2D eigenvalue weighted by Gasteiger charge is -2.28. The molecule has 1 N–H and O–H groups in total. The third-order valence-corrected chi connectivity index (χ3v) is 7.10. The van der Waals surface area contributed by atoms with Gasteiger partial charge in [0.25, 0.3) is 5.56 Å². The smallest absolute Gasteiger partial charge is 0.329 e. The quantitative estimate of drug-likeness (QED) is 0.528. The zero-order valence-corrected chi connectivity index (χ0v) is 19.0. The summed E-state index contributed by atoms with van der Waals surface area (Å²) in [4.78, 5) is 24.6. The van der Waals surface area contributed by atoms with Gasteiger partial charge in [0.15, 0.2) is 0 Å². The van der Waals surface area contributed by atoms with Crippen LogP contribution >= 0.6 is 11.3 Å². The van der Waals surface area contributed by atoms with Crippen molar-refractivity contribution in [2.24, 2.45) is 11.8 Å². The zero-order valence-electron chi connectivity index (χ0n) is 18.2. The summed E-state index contributed by atoms with van der Waals surface area (Å²) in [6.07, 6.45) is 3.94. The van der Waals surface area contributed by atoms with Crippen LogP contribution in [-0.2, 0) is 16.1 Å². The van der Waals surface area contributed by atoms with Crippen molar-refractivity contribution in [1.82, 2.24) is 9.78 Å². The van der Waals surface area contributed by atoms with Crippen molar-refractivity contribution in [3.05, 3.63) is 63.8 Å². The molecule has 1 aromatic carbocycles. The Balaban J connectivity index is 1.52.